The lowest BCUT2D eigenvalue weighted by Crippen LogP contribution is -1.93. The average molecular weight is 194 g/mol. The molecular weight excluding hydrogens is 180 g/mol. The van der Waals surface area contributed by atoms with E-state index in [4.69, 9.17) is 0 Å². The Labute approximate surface area is 82.8 Å². The van der Waals surface area contributed by atoms with E-state index in [1.807, 2.05) is 11.3 Å². The molecular formula is C11H14OS. The van der Waals surface area contributed by atoms with Gasteiger partial charge in [0.05, 0.1) is 0 Å². The fourth-order valence-corrected chi connectivity index (χ4v) is 2.87. The molecule has 0 spiro atoms. The molecule has 1 aliphatic rings. The van der Waals surface area contributed by atoms with Crippen LogP contribution in [0.1, 0.15) is 35.9 Å². The highest BCUT2D eigenvalue weighted by molar-refractivity contribution is 7.12. The molecule has 0 radical (unpaired) electrons. The number of carbonyl (C=O) groups excluding carboxylic acids is 1. The summed E-state index contributed by atoms with van der Waals surface area (Å²) in [5, 5.41) is 0. The number of rotatable bonds is 3. The van der Waals surface area contributed by atoms with Crippen LogP contribution in [-0.4, -0.2) is 5.78 Å². The van der Waals surface area contributed by atoms with E-state index < -0.39 is 0 Å². The van der Waals surface area contributed by atoms with E-state index in [2.05, 4.69) is 19.1 Å². The third-order valence-electron chi connectivity index (χ3n) is 2.71. The predicted octanol–water partition coefficient (Wildman–Crippen LogP) is 3.00. The lowest BCUT2D eigenvalue weighted by molar-refractivity contribution is -0.118. The first-order valence-corrected chi connectivity index (χ1v) is 5.63. The number of Topliss-reactive ketones (excluding diaryl/α,β-unsaturated/α-hetero) is 1. The fraction of sp³-hybridized carbons (Fsp3) is 0.545. The van der Waals surface area contributed by atoms with Crippen LogP contribution in [0.25, 0.3) is 0 Å². The zero-order valence-electron chi connectivity index (χ0n) is 8.04. The van der Waals surface area contributed by atoms with Gasteiger partial charge in [-0.15, -0.1) is 11.3 Å². The van der Waals surface area contributed by atoms with Crippen molar-refractivity contribution in [1.29, 1.82) is 0 Å². The highest BCUT2D eigenvalue weighted by Gasteiger charge is 2.42. The summed E-state index contributed by atoms with van der Waals surface area (Å²) < 4.78 is 0. The zero-order valence-corrected chi connectivity index (χ0v) is 8.86. The minimum absolute atomic E-state index is 0.336. The first kappa shape index (κ1) is 8.95. The molecule has 0 aromatic carbocycles. The van der Waals surface area contributed by atoms with Crippen molar-refractivity contribution >= 4 is 17.1 Å². The van der Waals surface area contributed by atoms with Gasteiger partial charge < -0.3 is 0 Å². The molecule has 0 N–H and O–H groups in total. The van der Waals surface area contributed by atoms with Gasteiger partial charge >= 0.3 is 0 Å². The molecule has 2 unspecified atom stereocenters. The van der Waals surface area contributed by atoms with Crippen LogP contribution in [0.15, 0.2) is 12.1 Å². The largest absolute Gasteiger partial charge is 0.300 e. The molecule has 1 aromatic rings. The molecule has 0 amide bonds. The van der Waals surface area contributed by atoms with Crippen LogP contribution in [0.3, 0.4) is 0 Å². The molecule has 13 heavy (non-hydrogen) atoms. The minimum Gasteiger partial charge on any atom is -0.300 e. The Kier molecular flexibility index (Phi) is 2.24. The summed E-state index contributed by atoms with van der Waals surface area (Å²) in [6.07, 6.45) is 2.20. The third kappa shape index (κ3) is 1.68. The molecule has 1 nitrogen and oxygen atoms in total. The summed E-state index contributed by atoms with van der Waals surface area (Å²) in [7, 11) is 0. The third-order valence-corrected chi connectivity index (χ3v) is 4.07. The van der Waals surface area contributed by atoms with Gasteiger partial charge in [0.2, 0.25) is 0 Å². The molecule has 1 fully saturated rings. The lowest BCUT2D eigenvalue weighted by atomic mass is 10.2. The maximum atomic E-state index is 11.1. The smallest absolute Gasteiger partial charge is 0.133 e. The molecule has 2 rings (SSSR count). The van der Waals surface area contributed by atoms with Crippen LogP contribution in [0, 0.1) is 5.92 Å². The Morgan fingerprint density at radius 2 is 2.38 bits per heavy atom. The molecule has 1 aromatic heterocycles. The summed E-state index contributed by atoms with van der Waals surface area (Å²) in [4.78, 5) is 13.9. The number of carbonyl (C=O) groups is 1. The van der Waals surface area contributed by atoms with Crippen molar-refractivity contribution in [2.24, 2.45) is 5.92 Å². The van der Waals surface area contributed by atoms with E-state index in [1.165, 1.54) is 9.75 Å². The highest BCUT2D eigenvalue weighted by atomic mass is 32.1. The van der Waals surface area contributed by atoms with Gasteiger partial charge in [-0.25, -0.2) is 0 Å². The van der Waals surface area contributed by atoms with Gasteiger partial charge in [0.15, 0.2) is 0 Å². The van der Waals surface area contributed by atoms with Crippen LogP contribution in [0.2, 0.25) is 0 Å². The summed E-state index contributed by atoms with van der Waals surface area (Å²) in [6, 6.07) is 4.38. The zero-order chi connectivity index (χ0) is 9.42. The number of ketones is 1. The van der Waals surface area contributed by atoms with E-state index in [9.17, 15) is 4.79 Å². The van der Waals surface area contributed by atoms with Crippen molar-refractivity contribution in [2.45, 2.75) is 32.6 Å². The van der Waals surface area contributed by atoms with Crippen LogP contribution >= 0.6 is 11.3 Å². The molecule has 70 valence electrons. The highest BCUT2D eigenvalue weighted by Crippen LogP contribution is 2.50. The Morgan fingerprint density at radius 1 is 1.62 bits per heavy atom. The van der Waals surface area contributed by atoms with Crippen molar-refractivity contribution in [2.75, 3.05) is 0 Å². The minimum atomic E-state index is 0.336. The van der Waals surface area contributed by atoms with Gasteiger partial charge in [-0.2, -0.15) is 0 Å². The van der Waals surface area contributed by atoms with Gasteiger partial charge in [0, 0.05) is 21.6 Å². The van der Waals surface area contributed by atoms with E-state index in [0.717, 1.165) is 12.8 Å². The van der Waals surface area contributed by atoms with Crippen LogP contribution < -0.4 is 0 Å². The monoisotopic (exact) mass is 194 g/mol. The Bertz CT molecular complexity index is 327. The number of hydrogen-bond acceptors (Lipinski definition) is 2. The van der Waals surface area contributed by atoms with Gasteiger partial charge in [0.25, 0.3) is 0 Å². The number of hydrogen-bond donors (Lipinski definition) is 0. The summed E-state index contributed by atoms with van der Waals surface area (Å²) in [5.74, 6) is 1.25. The van der Waals surface area contributed by atoms with Crippen molar-refractivity contribution in [3.8, 4) is 0 Å². The van der Waals surface area contributed by atoms with Gasteiger partial charge in [-0.05, 0) is 31.9 Å². The second-order valence-electron chi connectivity index (χ2n) is 3.72. The summed E-state index contributed by atoms with van der Waals surface area (Å²) in [6.45, 7) is 3.88. The van der Waals surface area contributed by atoms with Crippen molar-refractivity contribution in [3.05, 3.63) is 21.9 Å². The summed E-state index contributed by atoms with van der Waals surface area (Å²) in [5.41, 5.74) is 0. The van der Waals surface area contributed by atoms with Gasteiger partial charge in [-0.1, -0.05) is 6.92 Å². The van der Waals surface area contributed by atoms with E-state index >= 15 is 0 Å². The number of aryl methyl sites for hydroxylation is 1. The summed E-state index contributed by atoms with van der Waals surface area (Å²) >= 11 is 1.87. The van der Waals surface area contributed by atoms with Crippen LogP contribution in [0.4, 0.5) is 0 Å². The second-order valence-corrected chi connectivity index (χ2v) is 4.92. The maximum Gasteiger partial charge on any atom is 0.133 e. The SMILES string of the molecule is CCc1ccc(C2CC2C(C)=O)s1. The Balaban J connectivity index is 2.07. The molecule has 1 saturated carbocycles. The van der Waals surface area contributed by atoms with E-state index in [-0.39, 0.29) is 0 Å². The van der Waals surface area contributed by atoms with Crippen molar-refractivity contribution in [1.82, 2.24) is 0 Å². The molecule has 1 aliphatic carbocycles. The van der Waals surface area contributed by atoms with Crippen molar-refractivity contribution in [3.63, 3.8) is 0 Å². The first-order chi connectivity index (χ1) is 6.22. The first-order valence-electron chi connectivity index (χ1n) is 4.81. The second kappa shape index (κ2) is 3.26. The maximum absolute atomic E-state index is 11.1. The molecule has 2 atom stereocenters. The van der Waals surface area contributed by atoms with Gasteiger partial charge in [-0.3, -0.25) is 4.79 Å². The van der Waals surface area contributed by atoms with Gasteiger partial charge in [0.1, 0.15) is 5.78 Å². The predicted molar refractivity (Wildman–Crippen MR) is 55.2 cm³/mol. The van der Waals surface area contributed by atoms with E-state index in [0.29, 0.717) is 17.6 Å². The quantitative estimate of drug-likeness (QED) is 0.723. The lowest BCUT2D eigenvalue weighted by Gasteiger charge is -1.91. The van der Waals surface area contributed by atoms with Crippen molar-refractivity contribution < 1.29 is 4.79 Å². The molecule has 1 heterocycles. The van der Waals surface area contributed by atoms with E-state index in [1.54, 1.807) is 6.92 Å². The molecule has 0 aliphatic heterocycles. The average Bonchev–Trinajstić information content (AvgIpc) is 2.78. The van der Waals surface area contributed by atoms with Crippen LogP contribution in [-0.2, 0) is 11.2 Å². The molecule has 0 saturated heterocycles. The van der Waals surface area contributed by atoms with Crippen LogP contribution in [0.5, 0.6) is 0 Å². The fourth-order valence-electron chi connectivity index (χ4n) is 1.74. The molecule has 0 bridgehead atoms. The Hall–Kier alpha value is -0.630. The number of thiophene rings is 1. The normalized spacial score (nSPS) is 26.0. The molecule has 2 heteroatoms. The topological polar surface area (TPSA) is 17.1 Å². The Morgan fingerprint density at radius 3 is 2.85 bits per heavy atom. The standard InChI is InChI=1S/C11H14OS/c1-3-8-4-5-11(13-8)10-6-9(10)7(2)12/h4-5,9-10H,3,6H2,1-2H3.